The van der Waals surface area contributed by atoms with Gasteiger partial charge in [-0.25, -0.2) is 5.01 Å². The van der Waals surface area contributed by atoms with E-state index in [0.717, 1.165) is 42.4 Å². The van der Waals surface area contributed by atoms with Gasteiger partial charge in [-0.3, -0.25) is 19.8 Å². The number of anilines is 1. The van der Waals surface area contributed by atoms with Crippen LogP contribution in [-0.2, 0) is 20.8 Å². The summed E-state index contributed by atoms with van der Waals surface area (Å²) in [5.74, 6) is -1.26. The summed E-state index contributed by atoms with van der Waals surface area (Å²) in [7, 11) is 0. The molecule has 2 N–H and O–H groups in total. The van der Waals surface area contributed by atoms with E-state index in [0.29, 0.717) is 12.1 Å². The normalized spacial score (nSPS) is 15.3. The molecule has 3 aromatic rings. The molecule has 6 heteroatoms. The van der Waals surface area contributed by atoms with Crippen LogP contribution in [0.25, 0.3) is 11.1 Å². The number of carbonyl (C=O) groups is 3. The summed E-state index contributed by atoms with van der Waals surface area (Å²) >= 11 is 0. The molecule has 0 radical (unpaired) electrons. The summed E-state index contributed by atoms with van der Waals surface area (Å²) in [6.07, 6.45) is 4.09. The third kappa shape index (κ3) is 5.82. The number of para-hydroxylation sites is 1. The Bertz CT molecular complexity index is 1220. The van der Waals surface area contributed by atoms with Crippen molar-refractivity contribution in [3.05, 3.63) is 90.0 Å². The van der Waals surface area contributed by atoms with Gasteiger partial charge in [0.1, 0.15) is 6.04 Å². The zero-order valence-corrected chi connectivity index (χ0v) is 20.9. The van der Waals surface area contributed by atoms with E-state index < -0.39 is 17.9 Å². The van der Waals surface area contributed by atoms with Crippen molar-refractivity contribution in [1.82, 2.24) is 10.7 Å². The van der Waals surface area contributed by atoms with Crippen LogP contribution in [0, 0.1) is 0 Å². The molecule has 1 heterocycles. The summed E-state index contributed by atoms with van der Waals surface area (Å²) in [5, 5.41) is 4.10. The van der Waals surface area contributed by atoms with Crippen LogP contribution in [0.2, 0.25) is 0 Å². The van der Waals surface area contributed by atoms with Gasteiger partial charge in [-0.2, -0.15) is 0 Å². The van der Waals surface area contributed by atoms with E-state index in [1.165, 1.54) is 10.6 Å². The Hall–Kier alpha value is -3.93. The van der Waals surface area contributed by atoms with Crippen molar-refractivity contribution in [1.29, 1.82) is 0 Å². The Morgan fingerprint density at radius 3 is 2.31 bits per heavy atom. The molecule has 0 saturated heterocycles. The molecule has 0 saturated carbocycles. The minimum Gasteiger partial charge on any atom is -0.345 e. The van der Waals surface area contributed by atoms with Crippen molar-refractivity contribution in [2.45, 2.75) is 57.9 Å². The number of hydrazine groups is 1. The summed E-state index contributed by atoms with van der Waals surface area (Å²) in [6, 6.07) is 24.8. The summed E-state index contributed by atoms with van der Waals surface area (Å²) < 4.78 is 0. The molecule has 0 spiro atoms. The van der Waals surface area contributed by atoms with Crippen molar-refractivity contribution in [2.75, 3.05) is 5.01 Å². The van der Waals surface area contributed by atoms with Crippen molar-refractivity contribution in [2.24, 2.45) is 0 Å². The lowest BCUT2D eigenvalue weighted by molar-refractivity contribution is -0.130. The van der Waals surface area contributed by atoms with Gasteiger partial charge in [0, 0.05) is 12.0 Å². The Balaban J connectivity index is 1.33. The first kappa shape index (κ1) is 25.2. The number of hydrogen-bond donors (Lipinski definition) is 2. The van der Waals surface area contributed by atoms with Gasteiger partial charge in [0.05, 0.1) is 11.6 Å². The number of rotatable bonds is 9. The fourth-order valence-electron chi connectivity index (χ4n) is 4.60. The van der Waals surface area contributed by atoms with Crippen LogP contribution in [0.4, 0.5) is 5.69 Å². The molecule has 1 aliphatic rings. The molecular weight excluding hydrogens is 450 g/mol. The van der Waals surface area contributed by atoms with Crippen LogP contribution in [0.5, 0.6) is 0 Å². The third-order valence-electron chi connectivity index (χ3n) is 6.66. The number of amides is 3. The van der Waals surface area contributed by atoms with E-state index in [4.69, 9.17) is 0 Å². The van der Waals surface area contributed by atoms with Crippen molar-refractivity contribution in [3.8, 4) is 11.1 Å². The average molecular weight is 484 g/mol. The van der Waals surface area contributed by atoms with Crippen LogP contribution >= 0.6 is 0 Å². The van der Waals surface area contributed by atoms with Gasteiger partial charge >= 0.3 is 0 Å². The molecule has 0 bridgehead atoms. The van der Waals surface area contributed by atoms with Crippen LogP contribution < -0.4 is 15.8 Å². The van der Waals surface area contributed by atoms with Crippen molar-refractivity contribution in [3.63, 3.8) is 0 Å². The van der Waals surface area contributed by atoms with Crippen LogP contribution in [0.15, 0.2) is 78.9 Å². The van der Waals surface area contributed by atoms with Crippen LogP contribution in [0.1, 0.15) is 56.6 Å². The Morgan fingerprint density at radius 2 is 1.53 bits per heavy atom. The maximum atomic E-state index is 13.4. The Morgan fingerprint density at radius 1 is 0.861 bits per heavy atom. The third-order valence-corrected chi connectivity index (χ3v) is 6.66. The standard InChI is InChI=1S/C30H33N3O3/c1-21-24-16-9-10-17-25(24)26-18-11-12-19-27(26)33(30(21)36)32-29(35)22(2)31-28(34)20-8-4-7-15-23-13-5-3-6-14-23/h3,5-6,9-14,16-19,21-22H,4,7-8,15,20H2,1-2H3,(H,31,34)(H,32,35)/t21?,22-/m0/s1. The number of hydrogen-bond acceptors (Lipinski definition) is 3. The zero-order valence-electron chi connectivity index (χ0n) is 20.9. The molecule has 0 aliphatic carbocycles. The number of nitrogens with one attached hydrogen (secondary N) is 2. The summed E-state index contributed by atoms with van der Waals surface area (Å²) in [5.41, 5.74) is 7.44. The summed E-state index contributed by atoms with van der Waals surface area (Å²) in [6.45, 7) is 3.48. The largest absolute Gasteiger partial charge is 0.345 e. The van der Waals surface area contributed by atoms with E-state index in [2.05, 4.69) is 22.9 Å². The minimum absolute atomic E-state index is 0.166. The van der Waals surface area contributed by atoms with Gasteiger partial charge in [-0.15, -0.1) is 0 Å². The highest BCUT2D eigenvalue weighted by Gasteiger charge is 2.33. The first-order valence-electron chi connectivity index (χ1n) is 12.6. The first-order chi connectivity index (χ1) is 17.5. The van der Waals surface area contributed by atoms with Crippen molar-refractivity contribution < 1.29 is 14.4 Å². The smallest absolute Gasteiger partial charge is 0.261 e. The highest BCUT2D eigenvalue weighted by molar-refractivity contribution is 6.06. The zero-order chi connectivity index (χ0) is 25.5. The van der Waals surface area contributed by atoms with Crippen LogP contribution in [0.3, 0.4) is 0 Å². The average Bonchev–Trinajstić information content (AvgIpc) is 2.98. The maximum Gasteiger partial charge on any atom is 0.261 e. The quantitative estimate of drug-likeness (QED) is 0.414. The summed E-state index contributed by atoms with van der Waals surface area (Å²) in [4.78, 5) is 38.8. The SMILES string of the molecule is CC1C(=O)N(NC(=O)[C@H](C)NC(=O)CCCCCc2ccccc2)c2ccccc2-c2ccccc21. The van der Waals surface area contributed by atoms with E-state index in [9.17, 15) is 14.4 Å². The molecule has 4 rings (SSSR count). The van der Waals surface area contributed by atoms with E-state index in [-0.39, 0.29) is 11.8 Å². The Labute approximate surface area is 212 Å². The van der Waals surface area contributed by atoms with Gasteiger partial charge in [0.2, 0.25) is 5.91 Å². The second kappa shape index (κ2) is 11.7. The first-order valence-corrected chi connectivity index (χ1v) is 12.6. The van der Waals surface area contributed by atoms with Gasteiger partial charge in [0.15, 0.2) is 0 Å². The molecule has 0 aromatic heterocycles. The monoisotopic (exact) mass is 483 g/mol. The van der Waals surface area contributed by atoms with Crippen molar-refractivity contribution >= 4 is 23.4 Å². The fraction of sp³-hybridized carbons (Fsp3) is 0.300. The second-order valence-electron chi connectivity index (χ2n) is 9.31. The molecule has 1 aliphatic heterocycles. The van der Waals surface area contributed by atoms with Gasteiger partial charge < -0.3 is 5.32 Å². The number of nitrogens with zero attached hydrogens (tertiary/aromatic N) is 1. The van der Waals surface area contributed by atoms with E-state index in [1.807, 2.05) is 73.7 Å². The second-order valence-corrected chi connectivity index (χ2v) is 9.31. The molecule has 0 fully saturated rings. The number of fused-ring (bicyclic) bond motifs is 3. The lowest BCUT2D eigenvalue weighted by Crippen LogP contribution is -2.54. The van der Waals surface area contributed by atoms with Gasteiger partial charge in [-0.05, 0) is 55.9 Å². The fourth-order valence-corrected chi connectivity index (χ4v) is 4.60. The number of aryl methyl sites for hydroxylation is 1. The Kier molecular flexibility index (Phi) is 8.16. The van der Waals surface area contributed by atoms with Gasteiger partial charge in [-0.1, -0.05) is 79.2 Å². The number of unbranched alkanes of at least 4 members (excludes halogenated alkanes) is 2. The molecule has 36 heavy (non-hydrogen) atoms. The predicted molar refractivity (Wildman–Crippen MR) is 142 cm³/mol. The minimum atomic E-state index is -0.775. The van der Waals surface area contributed by atoms with E-state index in [1.54, 1.807) is 6.92 Å². The van der Waals surface area contributed by atoms with Gasteiger partial charge in [0.25, 0.3) is 11.8 Å². The lowest BCUT2D eigenvalue weighted by Gasteiger charge is -2.27. The number of benzene rings is 3. The molecule has 1 unspecified atom stereocenters. The van der Waals surface area contributed by atoms with Crippen LogP contribution in [-0.4, -0.2) is 23.8 Å². The highest BCUT2D eigenvalue weighted by atomic mass is 16.2. The topological polar surface area (TPSA) is 78.5 Å². The molecule has 3 aromatic carbocycles. The molecule has 2 atom stereocenters. The highest BCUT2D eigenvalue weighted by Crippen LogP contribution is 2.39. The number of carbonyl (C=O) groups excluding carboxylic acids is 3. The predicted octanol–water partition coefficient (Wildman–Crippen LogP) is 5.14. The molecule has 6 nitrogen and oxygen atoms in total. The molecule has 3 amide bonds. The molecular formula is C30H33N3O3. The van der Waals surface area contributed by atoms with E-state index >= 15 is 0 Å². The molecule has 186 valence electrons. The maximum absolute atomic E-state index is 13.4. The lowest BCUT2D eigenvalue weighted by atomic mass is 9.92.